The second-order valence-electron chi connectivity index (χ2n) is 8.41. The van der Waals surface area contributed by atoms with Crippen LogP contribution in [0.2, 0.25) is 10.0 Å². The van der Waals surface area contributed by atoms with Crippen molar-refractivity contribution in [2.75, 3.05) is 13.1 Å². The Morgan fingerprint density at radius 2 is 1.93 bits per heavy atom. The maximum Gasteiger partial charge on any atom is 0.241 e. The molecule has 1 N–H and O–H groups in total. The summed E-state index contributed by atoms with van der Waals surface area (Å²) in [6.45, 7) is 2.18. The van der Waals surface area contributed by atoms with Gasteiger partial charge in [-0.1, -0.05) is 54.0 Å². The van der Waals surface area contributed by atoms with E-state index in [9.17, 15) is 4.79 Å². The first-order chi connectivity index (χ1) is 14.6. The smallest absolute Gasteiger partial charge is 0.241 e. The number of carbonyl (C=O) groups is 1. The zero-order valence-electron chi connectivity index (χ0n) is 17.1. The lowest BCUT2D eigenvalue weighted by molar-refractivity contribution is -0.127. The fourth-order valence-electron chi connectivity index (χ4n) is 4.45. The molecule has 2 aliphatic rings. The number of piperidine rings is 1. The van der Waals surface area contributed by atoms with E-state index < -0.39 is 0 Å². The Labute approximate surface area is 187 Å². The summed E-state index contributed by atoms with van der Waals surface area (Å²) >= 11 is 12.2. The van der Waals surface area contributed by atoms with Crippen molar-refractivity contribution in [3.05, 3.63) is 34.1 Å². The fraction of sp³-hybridized carbons (Fsp3) is 0.591. The predicted molar refractivity (Wildman–Crippen MR) is 117 cm³/mol. The molecule has 1 unspecified atom stereocenters. The highest BCUT2D eigenvalue weighted by Gasteiger charge is 2.28. The molecule has 8 heteroatoms. The molecular formula is C22H28Cl2N4O2. The minimum Gasteiger partial charge on any atom is -0.353 e. The third-order valence-corrected chi connectivity index (χ3v) is 6.62. The minimum absolute atomic E-state index is 0.0232. The molecule has 0 radical (unpaired) electrons. The van der Waals surface area contributed by atoms with Crippen molar-refractivity contribution in [1.82, 2.24) is 20.4 Å². The molecule has 1 saturated heterocycles. The Hall–Kier alpha value is -1.63. The van der Waals surface area contributed by atoms with Gasteiger partial charge < -0.3 is 9.84 Å². The molecule has 0 spiro atoms. The summed E-state index contributed by atoms with van der Waals surface area (Å²) in [7, 11) is 0. The van der Waals surface area contributed by atoms with Crippen molar-refractivity contribution in [3.63, 3.8) is 0 Å². The number of amides is 1. The Morgan fingerprint density at radius 3 is 2.70 bits per heavy atom. The predicted octanol–water partition coefficient (Wildman–Crippen LogP) is 5.09. The van der Waals surface area contributed by atoms with E-state index in [2.05, 4.69) is 20.4 Å². The summed E-state index contributed by atoms with van der Waals surface area (Å²) < 4.78 is 5.44. The van der Waals surface area contributed by atoms with Gasteiger partial charge in [-0.3, -0.25) is 9.69 Å². The normalized spacial score (nSPS) is 21.3. The van der Waals surface area contributed by atoms with E-state index >= 15 is 0 Å². The van der Waals surface area contributed by atoms with Crippen molar-refractivity contribution in [3.8, 4) is 11.4 Å². The summed E-state index contributed by atoms with van der Waals surface area (Å²) in [6.07, 6.45) is 9.17. The SMILES string of the molecule is O=C(NC1CCCCCC1)C1CCCN(Cc2nc(-c3ccc(Cl)cc3Cl)no2)C1. The number of hydrogen-bond donors (Lipinski definition) is 1. The van der Waals surface area contributed by atoms with Crippen LogP contribution in [-0.4, -0.2) is 40.1 Å². The van der Waals surface area contributed by atoms with Crippen LogP contribution in [0.25, 0.3) is 11.4 Å². The maximum absolute atomic E-state index is 12.8. The Bertz CT molecular complexity index is 865. The molecule has 2 fully saturated rings. The van der Waals surface area contributed by atoms with E-state index in [1.54, 1.807) is 18.2 Å². The van der Waals surface area contributed by atoms with Crippen LogP contribution in [0.5, 0.6) is 0 Å². The average molecular weight is 451 g/mol. The number of carbonyl (C=O) groups excluding carboxylic acids is 1. The van der Waals surface area contributed by atoms with Crippen molar-refractivity contribution >= 4 is 29.1 Å². The summed E-state index contributed by atoms with van der Waals surface area (Å²) in [5, 5.41) is 8.42. The van der Waals surface area contributed by atoms with Gasteiger partial charge in [0.15, 0.2) is 0 Å². The lowest BCUT2D eigenvalue weighted by atomic mass is 9.96. The average Bonchev–Trinajstić information content (AvgIpc) is 3.02. The van der Waals surface area contributed by atoms with Gasteiger partial charge in [0.25, 0.3) is 0 Å². The lowest BCUT2D eigenvalue weighted by Gasteiger charge is -2.31. The molecule has 1 atom stereocenters. The monoisotopic (exact) mass is 450 g/mol. The number of aromatic nitrogens is 2. The molecule has 162 valence electrons. The van der Waals surface area contributed by atoms with Crippen molar-refractivity contribution < 1.29 is 9.32 Å². The number of halogens is 2. The first-order valence-corrected chi connectivity index (χ1v) is 11.6. The van der Waals surface area contributed by atoms with E-state index in [0.717, 1.165) is 38.8 Å². The Morgan fingerprint density at radius 1 is 1.13 bits per heavy atom. The quantitative estimate of drug-likeness (QED) is 0.641. The van der Waals surface area contributed by atoms with Crippen molar-refractivity contribution in [2.45, 2.75) is 64.0 Å². The number of benzene rings is 1. The summed E-state index contributed by atoms with van der Waals surface area (Å²) in [5.41, 5.74) is 0.690. The van der Waals surface area contributed by atoms with Gasteiger partial charge in [0.2, 0.25) is 17.6 Å². The van der Waals surface area contributed by atoms with Crippen LogP contribution in [0, 0.1) is 5.92 Å². The molecule has 4 rings (SSSR count). The second-order valence-corrected chi connectivity index (χ2v) is 9.25. The molecule has 1 aliphatic carbocycles. The Balaban J connectivity index is 1.34. The van der Waals surface area contributed by atoms with Crippen LogP contribution in [0.4, 0.5) is 0 Å². The van der Waals surface area contributed by atoms with Crippen LogP contribution in [0.15, 0.2) is 22.7 Å². The number of hydrogen-bond acceptors (Lipinski definition) is 5. The van der Waals surface area contributed by atoms with Crippen molar-refractivity contribution in [2.24, 2.45) is 5.92 Å². The van der Waals surface area contributed by atoms with E-state index in [1.165, 1.54) is 25.7 Å². The van der Waals surface area contributed by atoms with Crippen LogP contribution < -0.4 is 5.32 Å². The summed E-state index contributed by atoms with van der Waals surface area (Å²) in [5.74, 6) is 1.20. The molecule has 2 heterocycles. The molecule has 2 aromatic rings. The molecule has 1 aromatic heterocycles. The van der Waals surface area contributed by atoms with Gasteiger partial charge in [-0.05, 0) is 50.4 Å². The first kappa shape index (κ1) is 21.6. The van der Waals surface area contributed by atoms with Gasteiger partial charge in [-0.25, -0.2) is 0 Å². The van der Waals surface area contributed by atoms with Gasteiger partial charge in [-0.15, -0.1) is 0 Å². The van der Waals surface area contributed by atoms with Gasteiger partial charge in [0.1, 0.15) is 0 Å². The molecule has 1 aromatic carbocycles. The van der Waals surface area contributed by atoms with Crippen LogP contribution in [0.3, 0.4) is 0 Å². The van der Waals surface area contributed by atoms with Crippen molar-refractivity contribution in [1.29, 1.82) is 0 Å². The van der Waals surface area contributed by atoms with Gasteiger partial charge in [0.05, 0.1) is 17.5 Å². The van der Waals surface area contributed by atoms with Crippen LogP contribution in [-0.2, 0) is 11.3 Å². The lowest BCUT2D eigenvalue weighted by Crippen LogP contribution is -2.45. The third kappa shape index (κ3) is 5.54. The van der Waals surface area contributed by atoms with E-state index in [0.29, 0.717) is 39.9 Å². The van der Waals surface area contributed by atoms with E-state index in [4.69, 9.17) is 27.7 Å². The standard InChI is InChI=1S/C22H28Cl2N4O2/c23-16-9-10-18(19(24)12-16)21-26-20(30-27-21)14-28-11-5-6-15(13-28)22(29)25-17-7-3-1-2-4-8-17/h9-10,12,15,17H,1-8,11,13-14H2,(H,25,29). The maximum atomic E-state index is 12.8. The largest absolute Gasteiger partial charge is 0.353 e. The zero-order valence-corrected chi connectivity index (χ0v) is 18.6. The Kier molecular flexibility index (Phi) is 7.28. The fourth-order valence-corrected chi connectivity index (χ4v) is 4.94. The molecular weight excluding hydrogens is 423 g/mol. The van der Waals surface area contributed by atoms with E-state index in [-0.39, 0.29) is 11.8 Å². The molecule has 1 amide bonds. The summed E-state index contributed by atoms with van der Waals surface area (Å²) in [6, 6.07) is 5.55. The van der Waals surface area contributed by atoms with Crippen LogP contribution in [0.1, 0.15) is 57.3 Å². The summed E-state index contributed by atoms with van der Waals surface area (Å²) in [4.78, 5) is 19.5. The second kappa shape index (κ2) is 10.1. The van der Waals surface area contributed by atoms with Gasteiger partial charge in [0, 0.05) is 23.2 Å². The molecule has 1 aliphatic heterocycles. The van der Waals surface area contributed by atoms with Gasteiger partial charge >= 0.3 is 0 Å². The van der Waals surface area contributed by atoms with E-state index in [1.807, 2.05) is 0 Å². The molecule has 6 nitrogen and oxygen atoms in total. The highest BCUT2D eigenvalue weighted by Crippen LogP contribution is 2.29. The number of rotatable bonds is 5. The minimum atomic E-state index is 0.0232. The number of nitrogens with one attached hydrogen (secondary N) is 1. The molecule has 0 bridgehead atoms. The molecule has 1 saturated carbocycles. The zero-order chi connectivity index (χ0) is 20.9. The first-order valence-electron chi connectivity index (χ1n) is 10.9. The highest BCUT2D eigenvalue weighted by atomic mass is 35.5. The topological polar surface area (TPSA) is 71.3 Å². The number of likely N-dealkylation sites (tertiary alicyclic amines) is 1. The molecule has 30 heavy (non-hydrogen) atoms. The third-order valence-electron chi connectivity index (χ3n) is 6.08. The number of nitrogens with zero attached hydrogens (tertiary/aromatic N) is 3. The highest BCUT2D eigenvalue weighted by molar-refractivity contribution is 6.36. The van der Waals surface area contributed by atoms with Crippen LogP contribution >= 0.6 is 23.2 Å². The van der Waals surface area contributed by atoms with Gasteiger partial charge in [-0.2, -0.15) is 4.98 Å².